The predicted molar refractivity (Wildman–Crippen MR) is 97.4 cm³/mol. The highest BCUT2D eigenvalue weighted by Crippen LogP contribution is 2.25. The highest BCUT2D eigenvalue weighted by atomic mass is 19.1. The summed E-state index contributed by atoms with van der Waals surface area (Å²) < 4.78 is 19.8. The molecule has 0 bridgehead atoms. The molecule has 2 aromatic carbocycles. The molecule has 0 aliphatic heterocycles. The molecule has 25 heavy (non-hydrogen) atoms. The fraction of sp³-hybridized carbons (Fsp3) is 0.381. The van der Waals surface area contributed by atoms with Gasteiger partial charge in [0.1, 0.15) is 11.6 Å². The molecule has 1 saturated carbocycles. The summed E-state index contributed by atoms with van der Waals surface area (Å²) in [6.45, 7) is 1.81. The second-order valence-corrected chi connectivity index (χ2v) is 6.70. The molecule has 0 heterocycles. The van der Waals surface area contributed by atoms with Gasteiger partial charge in [-0.1, -0.05) is 18.2 Å². The molecular weight excluding hydrogens is 317 g/mol. The fourth-order valence-corrected chi connectivity index (χ4v) is 3.17. The van der Waals surface area contributed by atoms with Crippen molar-refractivity contribution in [2.45, 2.75) is 51.6 Å². The van der Waals surface area contributed by atoms with Gasteiger partial charge in [-0.15, -0.1) is 0 Å². The third-order valence-corrected chi connectivity index (χ3v) is 4.54. The molecule has 1 fully saturated rings. The van der Waals surface area contributed by atoms with Crippen molar-refractivity contribution in [3.63, 3.8) is 0 Å². The Labute approximate surface area is 148 Å². The number of aryl methyl sites for hydroxylation is 2. The van der Waals surface area contributed by atoms with Gasteiger partial charge in [-0.3, -0.25) is 4.79 Å². The van der Waals surface area contributed by atoms with E-state index < -0.39 is 5.82 Å². The summed E-state index contributed by atoms with van der Waals surface area (Å²) in [6.07, 6.45) is 5.94. The lowest BCUT2D eigenvalue weighted by Gasteiger charge is -2.14. The Morgan fingerprint density at radius 1 is 1.20 bits per heavy atom. The third kappa shape index (κ3) is 5.05. The minimum atomic E-state index is -0.402. The second-order valence-electron chi connectivity index (χ2n) is 6.70. The topological polar surface area (TPSA) is 38.3 Å². The first-order chi connectivity index (χ1) is 12.1. The van der Waals surface area contributed by atoms with E-state index in [4.69, 9.17) is 4.74 Å². The van der Waals surface area contributed by atoms with Crippen LogP contribution in [0.2, 0.25) is 0 Å². The molecule has 1 aliphatic rings. The van der Waals surface area contributed by atoms with Crippen LogP contribution in [-0.2, 0) is 11.2 Å². The molecule has 0 atom stereocenters. The van der Waals surface area contributed by atoms with E-state index in [9.17, 15) is 9.18 Å². The molecule has 3 rings (SSSR count). The van der Waals surface area contributed by atoms with Gasteiger partial charge in [0.15, 0.2) is 0 Å². The van der Waals surface area contributed by atoms with Crippen LogP contribution in [0.1, 0.15) is 43.2 Å². The molecule has 0 saturated heterocycles. The van der Waals surface area contributed by atoms with E-state index in [0.29, 0.717) is 18.9 Å². The smallest absolute Gasteiger partial charge is 0.224 e. The van der Waals surface area contributed by atoms with Gasteiger partial charge >= 0.3 is 0 Å². The molecular formula is C21H24FNO2. The Bertz CT molecular complexity index is 738. The average molecular weight is 341 g/mol. The predicted octanol–water partition coefficient (Wildman–Crippen LogP) is 5.03. The van der Waals surface area contributed by atoms with E-state index in [1.807, 2.05) is 31.2 Å². The number of amides is 1. The summed E-state index contributed by atoms with van der Waals surface area (Å²) in [5.74, 6) is 0.277. The molecule has 4 heteroatoms. The molecule has 0 aromatic heterocycles. The number of halogens is 1. The Hall–Kier alpha value is -2.36. The Kier molecular flexibility index (Phi) is 5.69. The first kappa shape index (κ1) is 17.5. The highest BCUT2D eigenvalue weighted by molar-refractivity contribution is 5.91. The number of ether oxygens (including phenoxy) is 1. The second kappa shape index (κ2) is 8.15. The SMILES string of the molecule is Cc1ccc(NC(=O)CCc2cccc(OC3CCCC3)c2)c(F)c1. The van der Waals surface area contributed by atoms with Gasteiger partial charge in [0.2, 0.25) is 5.91 Å². The van der Waals surface area contributed by atoms with Gasteiger partial charge in [0.05, 0.1) is 11.8 Å². The van der Waals surface area contributed by atoms with Gasteiger partial charge < -0.3 is 10.1 Å². The van der Waals surface area contributed by atoms with Gasteiger partial charge in [-0.2, -0.15) is 0 Å². The third-order valence-electron chi connectivity index (χ3n) is 4.54. The van der Waals surface area contributed by atoms with Crippen LogP contribution in [0.4, 0.5) is 10.1 Å². The minimum absolute atomic E-state index is 0.190. The fourth-order valence-electron chi connectivity index (χ4n) is 3.17. The molecule has 1 aliphatic carbocycles. The van der Waals surface area contributed by atoms with E-state index in [1.165, 1.54) is 18.9 Å². The molecule has 1 N–H and O–H groups in total. The van der Waals surface area contributed by atoms with Crippen LogP contribution in [0.3, 0.4) is 0 Å². The van der Waals surface area contributed by atoms with Crippen LogP contribution in [0.5, 0.6) is 5.75 Å². The monoisotopic (exact) mass is 341 g/mol. The van der Waals surface area contributed by atoms with Crippen LogP contribution in [0, 0.1) is 12.7 Å². The van der Waals surface area contributed by atoms with Crippen LogP contribution in [0.15, 0.2) is 42.5 Å². The van der Waals surface area contributed by atoms with Crippen LogP contribution in [0.25, 0.3) is 0 Å². The highest BCUT2D eigenvalue weighted by Gasteiger charge is 2.16. The Morgan fingerprint density at radius 3 is 2.76 bits per heavy atom. The standard InChI is InChI=1S/C21H24FNO2/c1-15-9-11-20(19(22)13-15)23-21(24)12-10-16-5-4-8-18(14-16)25-17-6-2-3-7-17/h4-5,8-9,11,13-14,17H,2-3,6-7,10,12H2,1H3,(H,23,24). The van der Waals surface area contributed by atoms with E-state index in [-0.39, 0.29) is 11.6 Å². The maximum absolute atomic E-state index is 13.8. The summed E-state index contributed by atoms with van der Waals surface area (Å²) in [5, 5.41) is 2.64. The van der Waals surface area contributed by atoms with Crippen molar-refractivity contribution in [3.05, 3.63) is 59.4 Å². The first-order valence-corrected chi connectivity index (χ1v) is 8.92. The van der Waals surface area contributed by atoms with Gasteiger partial charge in [-0.25, -0.2) is 4.39 Å². The average Bonchev–Trinajstić information content (AvgIpc) is 3.09. The zero-order valence-corrected chi connectivity index (χ0v) is 14.6. The zero-order valence-electron chi connectivity index (χ0n) is 14.6. The van der Waals surface area contributed by atoms with Crippen molar-refractivity contribution in [3.8, 4) is 5.75 Å². The van der Waals surface area contributed by atoms with Gasteiger partial charge in [0.25, 0.3) is 0 Å². The molecule has 0 unspecified atom stereocenters. The summed E-state index contributed by atoms with van der Waals surface area (Å²) >= 11 is 0. The molecule has 3 nitrogen and oxygen atoms in total. The van der Waals surface area contributed by atoms with Gasteiger partial charge in [0, 0.05) is 6.42 Å². The van der Waals surface area contributed by atoms with Crippen molar-refractivity contribution in [1.29, 1.82) is 0 Å². The number of hydrogen-bond acceptors (Lipinski definition) is 2. The largest absolute Gasteiger partial charge is 0.490 e. The Balaban J connectivity index is 1.53. The van der Waals surface area contributed by atoms with Crippen molar-refractivity contribution in [2.75, 3.05) is 5.32 Å². The maximum Gasteiger partial charge on any atom is 0.224 e. The molecule has 0 radical (unpaired) electrons. The number of rotatable bonds is 6. The van der Waals surface area contributed by atoms with Crippen molar-refractivity contribution in [2.24, 2.45) is 0 Å². The number of carbonyl (C=O) groups is 1. The van der Waals surface area contributed by atoms with Crippen molar-refractivity contribution >= 4 is 11.6 Å². The van der Waals surface area contributed by atoms with Crippen LogP contribution >= 0.6 is 0 Å². The summed E-state index contributed by atoms with van der Waals surface area (Å²) in [7, 11) is 0. The zero-order chi connectivity index (χ0) is 17.6. The Morgan fingerprint density at radius 2 is 2.00 bits per heavy atom. The lowest BCUT2D eigenvalue weighted by Crippen LogP contribution is -2.14. The van der Waals surface area contributed by atoms with E-state index >= 15 is 0 Å². The number of benzene rings is 2. The molecule has 0 spiro atoms. The van der Waals surface area contributed by atoms with Crippen molar-refractivity contribution in [1.82, 2.24) is 0 Å². The molecule has 2 aromatic rings. The van der Waals surface area contributed by atoms with E-state index in [2.05, 4.69) is 5.32 Å². The molecule has 1 amide bonds. The normalized spacial score (nSPS) is 14.5. The lowest BCUT2D eigenvalue weighted by molar-refractivity contribution is -0.116. The summed E-state index contributed by atoms with van der Waals surface area (Å²) in [4.78, 5) is 12.1. The van der Waals surface area contributed by atoms with Crippen LogP contribution < -0.4 is 10.1 Å². The quantitative estimate of drug-likeness (QED) is 0.800. The lowest BCUT2D eigenvalue weighted by atomic mass is 10.1. The van der Waals surface area contributed by atoms with Crippen molar-refractivity contribution < 1.29 is 13.9 Å². The van der Waals surface area contributed by atoms with Gasteiger partial charge in [-0.05, 0) is 74.4 Å². The van der Waals surface area contributed by atoms with Crippen LogP contribution in [-0.4, -0.2) is 12.0 Å². The number of hydrogen-bond donors (Lipinski definition) is 1. The maximum atomic E-state index is 13.8. The first-order valence-electron chi connectivity index (χ1n) is 8.92. The molecule has 132 valence electrons. The minimum Gasteiger partial charge on any atom is -0.490 e. The number of anilines is 1. The van der Waals surface area contributed by atoms with E-state index in [0.717, 1.165) is 29.7 Å². The summed E-state index contributed by atoms with van der Waals surface area (Å²) in [5.41, 5.74) is 2.11. The van der Waals surface area contributed by atoms with E-state index in [1.54, 1.807) is 12.1 Å². The number of nitrogens with one attached hydrogen (secondary N) is 1. The summed E-state index contributed by atoms with van der Waals surface area (Å²) in [6, 6.07) is 12.7. The number of carbonyl (C=O) groups excluding carboxylic acids is 1.